The van der Waals surface area contributed by atoms with E-state index < -0.39 is 0 Å². The van der Waals surface area contributed by atoms with Crippen LogP contribution in [0.15, 0.2) is 194 Å². The second-order valence-electron chi connectivity index (χ2n) is 34.7. The number of rotatable bonds is 56. The predicted molar refractivity (Wildman–Crippen MR) is 502 cm³/mol. The minimum atomic E-state index is -0.249. The zero-order chi connectivity index (χ0) is 84.1. The number of hydrogen-bond acceptors (Lipinski definition) is 8. The quantitative estimate of drug-likeness (QED) is 0.0211. The maximum Gasteiger partial charge on any atom is 0.306 e. The fourth-order valence-electron chi connectivity index (χ4n) is 18.1. The lowest BCUT2D eigenvalue weighted by molar-refractivity contribution is -0.148. The lowest BCUT2D eigenvalue weighted by Gasteiger charge is -2.15. The van der Waals surface area contributed by atoms with Crippen LogP contribution in [0.4, 0.5) is 0 Å². The van der Waals surface area contributed by atoms with Crippen molar-refractivity contribution in [2.75, 3.05) is 0 Å². The Morgan fingerprint density at radius 2 is 0.275 bits per heavy atom. The van der Waals surface area contributed by atoms with Gasteiger partial charge in [-0.05, 0) is 70.2 Å². The van der Waals surface area contributed by atoms with Gasteiger partial charge in [0, 0.05) is 70.2 Å². The number of esters is 4. The monoisotopic (exact) mass is 1630 g/mol. The van der Waals surface area contributed by atoms with Crippen molar-refractivity contribution in [1.82, 2.24) is 0 Å². The van der Waals surface area contributed by atoms with Crippen LogP contribution in [0.3, 0.4) is 0 Å². The second-order valence-corrected chi connectivity index (χ2v) is 34.7. The molecule has 0 aliphatic heterocycles. The van der Waals surface area contributed by atoms with Gasteiger partial charge < -0.3 is 18.9 Å². The third-order valence-corrected chi connectivity index (χ3v) is 25.0. The van der Waals surface area contributed by atoms with Crippen molar-refractivity contribution in [1.29, 1.82) is 0 Å². The van der Waals surface area contributed by atoms with Crippen LogP contribution in [0.25, 0.3) is 44.5 Å². The highest BCUT2D eigenvalue weighted by atomic mass is 16.6. The molecule has 0 spiro atoms. The SMILES string of the molecule is CCCCCCCCCCCC(=O)OC1c2ccccc2-c2ccccc21.CCCCCCCCCCCCCC(=O)OC1c2ccccc2-c2ccccc21.CCCCCCCCCCCCCCCC(=O)OC1c2ccccc2-c2ccccc21.CCCCCCCCCCCCCCCCCC(=O)OC1c2ccccc2-c2ccccc21. The number of unbranched alkanes of at least 4 members (excludes halogenated alkanes) is 44. The number of ether oxygens (including phenoxy) is 4. The van der Waals surface area contributed by atoms with E-state index in [1.165, 1.54) is 301 Å². The zero-order valence-corrected chi connectivity index (χ0v) is 74.8. The summed E-state index contributed by atoms with van der Waals surface area (Å²) in [6.45, 7) is 9.07. The van der Waals surface area contributed by atoms with Crippen LogP contribution < -0.4 is 0 Å². The van der Waals surface area contributed by atoms with Gasteiger partial charge in [-0.3, -0.25) is 19.2 Å². The van der Waals surface area contributed by atoms with E-state index in [2.05, 4.69) is 137 Å². The molecule has 120 heavy (non-hydrogen) atoms. The van der Waals surface area contributed by atoms with Crippen molar-refractivity contribution in [3.05, 3.63) is 239 Å². The summed E-state index contributed by atoms with van der Waals surface area (Å²) in [4.78, 5) is 49.9. The van der Waals surface area contributed by atoms with Gasteiger partial charge >= 0.3 is 23.9 Å². The highest BCUT2D eigenvalue weighted by Gasteiger charge is 2.35. The van der Waals surface area contributed by atoms with E-state index in [1.54, 1.807) is 0 Å². The van der Waals surface area contributed by atoms with E-state index in [-0.39, 0.29) is 48.3 Å². The molecule has 0 unspecified atom stereocenters. The van der Waals surface area contributed by atoms with Crippen molar-refractivity contribution in [3.63, 3.8) is 0 Å². The van der Waals surface area contributed by atoms with Crippen molar-refractivity contribution in [2.24, 2.45) is 0 Å². The molecule has 0 amide bonds. The van der Waals surface area contributed by atoms with Gasteiger partial charge in [0.1, 0.15) is 0 Å². The summed E-state index contributed by atoms with van der Waals surface area (Å²) in [5.41, 5.74) is 18.4. The maximum absolute atomic E-state index is 12.5. The molecule has 0 heterocycles. The molecule has 0 radical (unpaired) electrons. The summed E-state index contributed by atoms with van der Waals surface area (Å²) < 4.78 is 23.7. The van der Waals surface area contributed by atoms with Gasteiger partial charge in [0.05, 0.1) is 0 Å². The Labute approximate surface area is 726 Å². The molecule has 8 aromatic rings. The molecule has 0 saturated carbocycles. The lowest BCUT2D eigenvalue weighted by Crippen LogP contribution is -2.10. The highest BCUT2D eigenvalue weighted by molar-refractivity contribution is 5.84. The van der Waals surface area contributed by atoms with Crippen LogP contribution in [0.2, 0.25) is 0 Å². The first kappa shape index (κ1) is 95.5. The van der Waals surface area contributed by atoms with Crippen LogP contribution in [0.1, 0.15) is 431 Å². The molecule has 648 valence electrons. The number of carbonyl (C=O) groups is 4. The first-order chi connectivity index (χ1) is 59.2. The van der Waals surface area contributed by atoms with E-state index in [9.17, 15) is 19.2 Å². The van der Waals surface area contributed by atoms with Gasteiger partial charge in [-0.25, -0.2) is 0 Å². The average molecular weight is 1630 g/mol. The summed E-state index contributed by atoms with van der Waals surface area (Å²) in [6.07, 6.45) is 63.7. The zero-order valence-electron chi connectivity index (χ0n) is 74.8. The molecule has 8 nitrogen and oxygen atoms in total. The van der Waals surface area contributed by atoms with E-state index in [0.717, 1.165) is 95.9 Å². The van der Waals surface area contributed by atoms with E-state index in [0.29, 0.717) is 25.7 Å². The van der Waals surface area contributed by atoms with E-state index >= 15 is 0 Å². The fraction of sp³-hybridized carbons (Fsp3) is 0.536. The fourth-order valence-corrected chi connectivity index (χ4v) is 18.1. The van der Waals surface area contributed by atoms with Gasteiger partial charge in [0.2, 0.25) is 0 Å². The van der Waals surface area contributed by atoms with Crippen molar-refractivity contribution in [3.8, 4) is 44.5 Å². The molecule has 0 N–H and O–H groups in total. The van der Waals surface area contributed by atoms with E-state index in [4.69, 9.17) is 18.9 Å². The Morgan fingerprint density at radius 3 is 0.400 bits per heavy atom. The Morgan fingerprint density at radius 1 is 0.167 bits per heavy atom. The first-order valence-electron chi connectivity index (χ1n) is 48.7. The Kier molecular flexibility index (Phi) is 46.0. The molecule has 8 aromatic carbocycles. The van der Waals surface area contributed by atoms with Crippen LogP contribution in [0.5, 0.6) is 0 Å². The molecule has 4 aliphatic rings. The van der Waals surface area contributed by atoms with E-state index in [1.807, 2.05) is 84.9 Å². The van der Waals surface area contributed by atoms with Crippen molar-refractivity contribution >= 4 is 23.9 Å². The maximum atomic E-state index is 12.5. The third kappa shape index (κ3) is 32.5. The average Bonchev–Trinajstić information content (AvgIpc) is 1.64. The topological polar surface area (TPSA) is 105 Å². The molecule has 0 saturated heterocycles. The smallest absolute Gasteiger partial charge is 0.306 e. The van der Waals surface area contributed by atoms with Gasteiger partial charge in [0.15, 0.2) is 24.4 Å². The Bertz CT molecular complexity index is 4000. The number of carbonyl (C=O) groups excluding carboxylic acids is 4. The molecular weight excluding hydrogens is 1470 g/mol. The Hall–Kier alpha value is -8.36. The lowest BCUT2D eigenvalue weighted by atomic mass is 10.0. The molecule has 0 fully saturated rings. The first-order valence-corrected chi connectivity index (χ1v) is 48.7. The van der Waals surface area contributed by atoms with Gasteiger partial charge in [-0.15, -0.1) is 0 Å². The summed E-state index contributed by atoms with van der Waals surface area (Å²) >= 11 is 0. The molecular formula is C112H152O8. The Balaban J connectivity index is 0.000000182. The highest BCUT2D eigenvalue weighted by Crippen LogP contribution is 2.49. The summed E-state index contributed by atoms with van der Waals surface area (Å²) in [7, 11) is 0. The predicted octanol–water partition coefficient (Wildman–Crippen LogP) is 33.6. The number of hydrogen-bond donors (Lipinski definition) is 0. The summed E-state index contributed by atoms with van der Waals surface area (Å²) in [5.74, 6) is -0.285. The number of benzene rings is 8. The molecule has 8 heteroatoms. The van der Waals surface area contributed by atoms with Gasteiger partial charge in [0.25, 0.3) is 0 Å². The summed E-state index contributed by atoms with van der Waals surface area (Å²) in [6, 6.07) is 66.2. The van der Waals surface area contributed by atoms with Crippen LogP contribution in [-0.2, 0) is 38.1 Å². The minimum absolute atomic E-state index is 0.0683. The van der Waals surface area contributed by atoms with Gasteiger partial charge in [-0.2, -0.15) is 0 Å². The standard InChI is InChI=1S/C31H44O2.C29H40O2.C27H36O2.C25H32O2/c1-2-3-4-5-6-7-8-9-10-11-12-13-14-15-16-25-30(32)33-31-28-23-19-17-21-26(28)27-22-18-20-24-29(27)31;1-2-3-4-5-6-7-8-9-10-11-12-13-14-23-28(30)31-29-26-21-17-15-19-24(26)25-20-16-18-22-27(25)29;1-2-3-4-5-6-7-8-9-10-11-12-21-26(28)29-27-24-19-15-13-17-22(24)23-18-14-16-20-25(23)27;1-2-3-4-5-6-7-8-9-10-19-24(26)27-25-22-17-13-11-15-20(22)21-16-12-14-18-23(21)25/h17-24,31H,2-16,25H2,1H3;15-22,29H,2-14,23H2,1H3;13-20,27H,2-12,21H2,1H3;11-18,25H,2-10,19H2,1H3. The van der Waals surface area contributed by atoms with Crippen LogP contribution in [0, 0.1) is 0 Å². The largest absolute Gasteiger partial charge is 0.452 e. The minimum Gasteiger partial charge on any atom is -0.452 e. The molecule has 0 bridgehead atoms. The van der Waals surface area contributed by atoms with Crippen molar-refractivity contribution in [2.45, 2.75) is 386 Å². The molecule has 0 aromatic heterocycles. The molecule has 4 aliphatic carbocycles. The van der Waals surface area contributed by atoms with Gasteiger partial charge in [-0.1, -0.05) is 504 Å². The summed E-state index contributed by atoms with van der Waals surface area (Å²) in [5, 5.41) is 0. The molecule has 0 atom stereocenters. The van der Waals surface area contributed by atoms with Crippen molar-refractivity contribution < 1.29 is 38.1 Å². The number of fused-ring (bicyclic) bond motifs is 12. The molecule has 12 rings (SSSR count). The van der Waals surface area contributed by atoms with Crippen LogP contribution in [-0.4, -0.2) is 23.9 Å². The van der Waals surface area contributed by atoms with Crippen LogP contribution >= 0.6 is 0 Å². The third-order valence-electron chi connectivity index (χ3n) is 25.0. The second kappa shape index (κ2) is 57.8. The normalized spacial score (nSPS) is 12.6.